The van der Waals surface area contributed by atoms with E-state index in [1.165, 1.54) is 11.9 Å². The van der Waals surface area contributed by atoms with Crippen molar-refractivity contribution in [3.63, 3.8) is 0 Å². The van der Waals surface area contributed by atoms with Crippen LogP contribution in [0.5, 0.6) is 5.75 Å². The lowest BCUT2D eigenvalue weighted by Crippen LogP contribution is -1.74. The highest BCUT2D eigenvalue weighted by Crippen LogP contribution is 2.36. The van der Waals surface area contributed by atoms with E-state index in [1.54, 1.807) is 12.1 Å². The summed E-state index contributed by atoms with van der Waals surface area (Å²) in [6.45, 7) is 3.36. The van der Waals surface area contributed by atoms with Gasteiger partial charge in [0, 0.05) is 16.8 Å². The molecular weight excluding hydrogens is 306 g/mol. The normalized spacial score (nSPS) is 9.83. The van der Waals surface area contributed by atoms with Crippen molar-refractivity contribution in [1.29, 1.82) is 0 Å². The summed E-state index contributed by atoms with van der Waals surface area (Å²) in [7, 11) is 0. The molecule has 0 atom stereocenters. The lowest BCUT2D eigenvalue weighted by molar-refractivity contribution is 0.468. The summed E-state index contributed by atoms with van der Waals surface area (Å²) in [5.74, 6) is 0.198. The van der Waals surface area contributed by atoms with Gasteiger partial charge in [-0.2, -0.15) is 0 Å². The van der Waals surface area contributed by atoms with Crippen molar-refractivity contribution in [3.05, 3.63) is 21.1 Å². The Morgan fingerprint density at radius 1 is 1.33 bits per heavy atom. The van der Waals surface area contributed by atoms with Crippen LogP contribution in [0.3, 0.4) is 0 Å². The number of phenolic OH excluding ortho intramolecular Hbond substituents is 1. The van der Waals surface area contributed by atoms with Crippen molar-refractivity contribution in [1.82, 2.24) is 0 Å². The Morgan fingerprint density at radius 2 is 1.83 bits per heavy atom. The van der Waals surface area contributed by atoms with E-state index in [4.69, 9.17) is 0 Å². The highest BCUT2D eigenvalue weighted by molar-refractivity contribution is 9.11. The molecule has 0 aromatic heterocycles. The Bertz CT molecular complexity index is 293. The molecule has 1 N–H and O–H groups in total. The van der Waals surface area contributed by atoms with Gasteiger partial charge in [0.25, 0.3) is 0 Å². The van der Waals surface area contributed by atoms with Crippen molar-refractivity contribution in [2.75, 3.05) is 0 Å². The maximum atomic E-state index is 9.35. The van der Waals surface area contributed by atoms with Gasteiger partial charge in [0.2, 0.25) is 0 Å². The van der Waals surface area contributed by atoms with Gasteiger partial charge >= 0.3 is 0 Å². The Kier molecular flexibility index (Phi) is 3.61. The molecule has 0 spiro atoms. The van der Waals surface area contributed by atoms with Crippen LogP contribution < -0.4 is 0 Å². The van der Waals surface area contributed by atoms with Crippen LogP contribution in [0.2, 0.25) is 0 Å². The van der Waals surface area contributed by atoms with Gasteiger partial charge in [-0.1, -0.05) is 0 Å². The standard InChI is InChI=1S/C7H5Br2NOS/c1-10-12-4-2-5(8)7(11)6(9)3-4/h2-3,11H,1H2. The van der Waals surface area contributed by atoms with Crippen molar-refractivity contribution in [3.8, 4) is 5.75 Å². The summed E-state index contributed by atoms with van der Waals surface area (Å²) in [6, 6.07) is 3.55. The van der Waals surface area contributed by atoms with Gasteiger partial charge in [0.15, 0.2) is 0 Å². The van der Waals surface area contributed by atoms with E-state index in [0.29, 0.717) is 8.95 Å². The average molecular weight is 311 g/mol. The summed E-state index contributed by atoms with van der Waals surface area (Å²) in [4.78, 5) is 0.918. The molecule has 1 aromatic rings. The molecule has 0 saturated heterocycles. The predicted molar refractivity (Wildman–Crippen MR) is 58.9 cm³/mol. The van der Waals surface area contributed by atoms with Crippen LogP contribution in [0.25, 0.3) is 0 Å². The number of rotatable bonds is 2. The summed E-state index contributed by atoms with van der Waals surface area (Å²) >= 11 is 7.68. The molecule has 1 aromatic carbocycles. The molecule has 64 valence electrons. The van der Waals surface area contributed by atoms with Crippen LogP contribution in [-0.4, -0.2) is 11.8 Å². The van der Waals surface area contributed by atoms with E-state index < -0.39 is 0 Å². The molecule has 0 aliphatic carbocycles. The molecule has 0 aliphatic heterocycles. The lowest BCUT2D eigenvalue weighted by atomic mass is 10.3. The van der Waals surface area contributed by atoms with Gasteiger partial charge in [0.1, 0.15) is 5.75 Å². The van der Waals surface area contributed by atoms with Gasteiger partial charge in [-0.15, -0.1) is 0 Å². The van der Waals surface area contributed by atoms with Gasteiger partial charge in [-0.05, 0) is 50.7 Å². The largest absolute Gasteiger partial charge is 0.506 e. The molecule has 0 saturated carbocycles. The molecule has 0 bridgehead atoms. The van der Waals surface area contributed by atoms with Crippen molar-refractivity contribution in [2.24, 2.45) is 4.40 Å². The zero-order valence-electron chi connectivity index (χ0n) is 5.92. The second-order valence-electron chi connectivity index (χ2n) is 1.96. The highest BCUT2D eigenvalue weighted by atomic mass is 79.9. The third-order valence-electron chi connectivity index (χ3n) is 1.16. The van der Waals surface area contributed by atoms with Crippen LogP contribution in [0, 0.1) is 0 Å². The smallest absolute Gasteiger partial charge is 0.144 e. The van der Waals surface area contributed by atoms with Crippen LogP contribution >= 0.6 is 43.8 Å². The quantitative estimate of drug-likeness (QED) is 0.668. The van der Waals surface area contributed by atoms with Gasteiger partial charge in [-0.25, -0.2) is 4.40 Å². The summed E-state index contributed by atoms with van der Waals surface area (Å²) in [6.07, 6.45) is 0. The minimum atomic E-state index is 0.198. The van der Waals surface area contributed by atoms with Crippen molar-refractivity contribution in [2.45, 2.75) is 4.90 Å². The third kappa shape index (κ3) is 2.24. The Morgan fingerprint density at radius 3 is 2.25 bits per heavy atom. The second kappa shape index (κ2) is 4.30. The highest BCUT2D eigenvalue weighted by Gasteiger charge is 2.05. The Balaban J connectivity index is 3.11. The van der Waals surface area contributed by atoms with Crippen LogP contribution in [0.4, 0.5) is 0 Å². The fourth-order valence-corrected chi connectivity index (χ4v) is 2.65. The first kappa shape index (κ1) is 10.1. The molecule has 0 amide bonds. The molecule has 0 unspecified atom stereocenters. The molecule has 0 heterocycles. The van der Waals surface area contributed by atoms with Crippen LogP contribution in [0.15, 0.2) is 30.4 Å². The summed E-state index contributed by atoms with van der Waals surface area (Å²) in [5.41, 5.74) is 0. The van der Waals surface area contributed by atoms with E-state index in [1.807, 2.05) is 0 Å². The molecule has 0 fully saturated rings. The number of nitrogens with zero attached hydrogens (tertiary/aromatic N) is 1. The number of hydrogen-bond acceptors (Lipinski definition) is 3. The molecule has 5 heteroatoms. The summed E-state index contributed by atoms with van der Waals surface area (Å²) < 4.78 is 4.94. The molecule has 0 aliphatic rings. The minimum Gasteiger partial charge on any atom is -0.506 e. The van der Waals surface area contributed by atoms with E-state index >= 15 is 0 Å². The number of benzene rings is 1. The Hall–Kier alpha value is -0.000000000000000111. The Labute approximate surface area is 91.5 Å². The molecular formula is C7H5Br2NOS. The number of phenols is 1. The summed E-state index contributed by atoms with van der Waals surface area (Å²) in [5, 5.41) is 9.35. The monoisotopic (exact) mass is 309 g/mol. The fourth-order valence-electron chi connectivity index (χ4n) is 0.670. The SMILES string of the molecule is C=NSc1cc(Br)c(O)c(Br)c1. The van der Waals surface area contributed by atoms with Gasteiger partial charge < -0.3 is 5.11 Å². The third-order valence-corrected chi connectivity index (χ3v) is 2.94. The molecule has 0 radical (unpaired) electrons. The van der Waals surface area contributed by atoms with E-state index in [-0.39, 0.29) is 5.75 Å². The van der Waals surface area contributed by atoms with E-state index in [2.05, 4.69) is 43.0 Å². The molecule has 1 rings (SSSR count). The average Bonchev–Trinajstić information content (AvgIpc) is 2.01. The van der Waals surface area contributed by atoms with E-state index in [0.717, 1.165) is 4.90 Å². The second-order valence-corrected chi connectivity index (χ2v) is 4.58. The minimum absolute atomic E-state index is 0.198. The predicted octanol–water partition coefficient (Wildman–Crippen LogP) is 3.62. The zero-order chi connectivity index (χ0) is 9.14. The van der Waals surface area contributed by atoms with E-state index in [9.17, 15) is 5.11 Å². The zero-order valence-corrected chi connectivity index (χ0v) is 9.91. The molecule has 12 heavy (non-hydrogen) atoms. The lowest BCUT2D eigenvalue weighted by Gasteiger charge is -2.02. The number of aromatic hydroxyl groups is 1. The fraction of sp³-hybridized carbons (Fsp3) is 0. The van der Waals surface area contributed by atoms with Crippen molar-refractivity contribution < 1.29 is 5.11 Å². The number of halogens is 2. The number of hydrogen-bond donors (Lipinski definition) is 1. The van der Waals surface area contributed by atoms with Gasteiger partial charge in [0.05, 0.1) is 8.95 Å². The first-order chi connectivity index (χ1) is 5.65. The topological polar surface area (TPSA) is 32.6 Å². The first-order valence-electron chi connectivity index (χ1n) is 2.96. The maximum absolute atomic E-state index is 9.35. The maximum Gasteiger partial charge on any atom is 0.144 e. The van der Waals surface area contributed by atoms with Crippen molar-refractivity contribution >= 4 is 50.5 Å². The molecule has 2 nitrogen and oxygen atoms in total. The van der Waals surface area contributed by atoms with Crippen LogP contribution in [0.1, 0.15) is 0 Å². The first-order valence-corrected chi connectivity index (χ1v) is 5.32. The van der Waals surface area contributed by atoms with Gasteiger partial charge in [-0.3, -0.25) is 0 Å². The van der Waals surface area contributed by atoms with Crippen LogP contribution in [-0.2, 0) is 0 Å².